The Labute approximate surface area is 115 Å². The fourth-order valence-electron chi connectivity index (χ4n) is 1.79. The normalized spacial score (nSPS) is 15.8. The van der Waals surface area contributed by atoms with Gasteiger partial charge in [-0.15, -0.1) is 0 Å². The largest absolute Gasteiger partial charge is 0.361 e. The molecular formula is C13H11Cl2NO2. The van der Waals surface area contributed by atoms with Crippen molar-refractivity contribution in [2.24, 2.45) is 0 Å². The van der Waals surface area contributed by atoms with Gasteiger partial charge in [0, 0.05) is 34.8 Å². The summed E-state index contributed by atoms with van der Waals surface area (Å²) >= 11 is 11.7. The lowest BCUT2D eigenvalue weighted by Crippen LogP contribution is -2.19. The fourth-order valence-corrected chi connectivity index (χ4v) is 2.31. The molecule has 1 aromatic carbocycles. The second-order valence-electron chi connectivity index (χ2n) is 4.06. The average Bonchev–Trinajstić information content (AvgIpc) is 2.27. The molecule has 2 rings (SSSR count). The van der Waals surface area contributed by atoms with E-state index < -0.39 is 0 Å². The van der Waals surface area contributed by atoms with Crippen LogP contribution >= 0.6 is 23.2 Å². The SMILES string of the molecule is O=C1CCCC(=O)C1=CNc1cc(Cl)cc(Cl)c1. The van der Waals surface area contributed by atoms with Gasteiger partial charge in [-0.25, -0.2) is 0 Å². The lowest BCUT2D eigenvalue weighted by molar-refractivity contribution is -0.123. The number of nitrogens with one attached hydrogen (secondary N) is 1. The highest BCUT2D eigenvalue weighted by Crippen LogP contribution is 2.23. The minimum Gasteiger partial charge on any atom is -0.361 e. The van der Waals surface area contributed by atoms with Gasteiger partial charge in [-0.1, -0.05) is 23.2 Å². The molecule has 1 aromatic rings. The quantitative estimate of drug-likeness (QED) is 0.666. The molecule has 0 spiro atoms. The maximum atomic E-state index is 11.6. The molecule has 1 saturated carbocycles. The van der Waals surface area contributed by atoms with Crippen LogP contribution < -0.4 is 5.32 Å². The third-order valence-electron chi connectivity index (χ3n) is 2.65. The number of rotatable bonds is 2. The molecule has 0 bridgehead atoms. The summed E-state index contributed by atoms with van der Waals surface area (Å²) in [5, 5.41) is 3.87. The second-order valence-corrected chi connectivity index (χ2v) is 4.93. The van der Waals surface area contributed by atoms with Crippen molar-refractivity contribution < 1.29 is 9.59 Å². The number of halogens is 2. The van der Waals surface area contributed by atoms with Gasteiger partial charge in [0.05, 0.1) is 5.57 Å². The van der Waals surface area contributed by atoms with E-state index in [-0.39, 0.29) is 17.1 Å². The molecule has 3 nitrogen and oxygen atoms in total. The number of Topliss-reactive ketones (excluding diaryl/α,β-unsaturated/α-hetero) is 2. The Kier molecular flexibility index (Phi) is 4.04. The first kappa shape index (κ1) is 13.1. The summed E-state index contributed by atoms with van der Waals surface area (Å²) in [5.41, 5.74) is 0.864. The van der Waals surface area contributed by atoms with Gasteiger partial charge >= 0.3 is 0 Å². The van der Waals surface area contributed by atoms with Gasteiger partial charge in [0.15, 0.2) is 11.6 Å². The van der Waals surface area contributed by atoms with E-state index in [1.165, 1.54) is 6.20 Å². The molecule has 0 amide bonds. The van der Waals surface area contributed by atoms with Crippen molar-refractivity contribution in [3.63, 3.8) is 0 Å². The molecule has 1 aliphatic rings. The smallest absolute Gasteiger partial charge is 0.167 e. The Balaban J connectivity index is 2.18. The molecular weight excluding hydrogens is 273 g/mol. The number of allylic oxidation sites excluding steroid dienone is 1. The zero-order valence-corrected chi connectivity index (χ0v) is 11.0. The molecule has 1 N–H and O–H groups in total. The summed E-state index contributed by atoms with van der Waals surface area (Å²) < 4.78 is 0. The molecule has 0 aliphatic heterocycles. The van der Waals surface area contributed by atoms with Gasteiger partial charge < -0.3 is 5.32 Å². The highest BCUT2D eigenvalue weighted by molar-refractivity contribution is 6.35. The second kappa shape index (κ2) is 5.55. The Bertz CT molecular complexity index is 500. The number of hydrogen-bond acceptors (Lipinski definition) is 3. The number of hydrogen-bond donors (Lipinski definition) is 1. The summed E-state index contributed by atoms with van der Waals surface area (Å²) in [6.07, 6.45) is 2.93. The molecule has 0 heterocycles. The number of carbonyl (C=O) groups is 2. The number of benzene rings is 1. The van der Waals surface area contributed by atoms with Crippen molar-refractivity contribution in [2.75, 3.05) is 5.32 Å². The van der Waals surface area contributed by atoms with Gasteiger partial charge in [-0.2, -0.15) is 0 Å². The maximum absolute atomic E-state index is 11.6. The van der Waals surface area contributed by atoms with Crippen LogP contribution in [-0.4, -0.2) is 11.6 Å². The van der Waals surface area contributed by atoms with Crippen LogP contribution in [0, 0.1) is 0 Å². The average molecular weight is 284 g/mol. The summed E-state index contributed by atoms with van der Waals surface area (Å²) in [6.45, 7) is 0. The molecule has 0 unspecified atom stereocenters. The van der Waals surface area contributed by atoms with E-state index >= 15 is 0 Å². The molecule has 94 valence electrons. The van der Waals surface area contributed by atoms with Gasteiger partial charge in [-0.05, 0) is 24.6 Å². The van der Waals surface area contributed by atoms with Crippen molar-refractivity contribution in [2.45, 2.75) is 19.3 Å². The van der Waals surface area contributed by atoms with E-state index in [0.717, 1.165) is 0 Å². The Morgan fingerprint density at radius 2 is 1.56 bits per heavy atom. The molecule has 0 radical (unpaired) electrons. The van der Waals surface area contributed by atoms with Crippen LogP contribution in [0.15, 0.2) is 30.0 Å². The number of anilines is 1. The molecule has 0 aromatic heterocycles. The van der Waals surface area contributed by atoms with Crippen LogP contribution in [0.5, 0.6) is 0 Å². The highest BCUT2D eigenvalue weighted by atomic mass is 35.5. The van der Waals surface area contributed by atoms with Gasteiger partial charge in [-0.3, -0.25) is 9.59 Å². The molecule has 18 heavy (non-hydrogen) atoms. The number of carbonyl (C=O) groups excluding carboxylic acids is 2. The minimum atomic E-state index is -0.119. The lowest BCUT2D eigenvalue weighted by Gasteiger charge is -2.12. The van der Waals surface area contributed by atoms with Crippen LogP contribution in [0.4, 0.5) is 5.69 Å². The van der Waals surface area contributed by atoms with Gasteiger partial charge in [0.2, 0.25) is 0 Å². The first-order valence-corrected chi connectivity index (χ1v) is 6.31. The molecule has 1 aliphatic carbocycles. The molecule has 0 saturated heterocycles. The zero-order chi connectivity index (χ0) is 13.1. The topological polar surface area (TPSA) is 46.2 Å². The fraction of sp³-hybridized carbons (Fsp3) is 0.231. The van der Waals surface area contributed by atoms with Crippen molar-refractivity contribution in [1.29, 1.82) is 0 Å². The van der Waals surface area contributed by atoms with Gasteiger partial charge in [0.25, 0.3) is 0 Å². The van der Waals surface area contributed by atoms with E-state index in [1.54, 1.807) is 18.2 Å². The Morgan fingerprint density at radius 1 is 1.00 bits per heavy atom. The molecule has 1 fully saturated rings. The first-order chi connectivity index (χ1) is 8.56. The highest BCUT2D eigenvalue weighted by Gasteiger charge is 2.22. The van der Waals surface area contributed by atoms with E-state index in [0.29, 0.717) is 35.0 Å². The molecule has 5 heteroatoms. The predicted octanol–water partition coefficient (Wildman–Crippen LogP) is 3.61. The third-order valence-corrected chi connectivity index (χ3v) is 3.09. The zero-order valence-electron chi connectivity index (χ0n) is 9.50. The number of ketones is 2. The van der Waals surface area contributed by atoms with Gasteiger partial charge in [0.1, 0.15) is 0 Å². The van der Waals surface area contributed by atoms with Crippen LogP contribution in [0.1, 0.15) is 19.3 Å². The first-order valence-electron chi connectivity index (χ1n) is 5.55. The van der Waals surface area contributed by atoms with Crippen LogP contribution in [-0.2, 0) is 9.59 Å². The third kappa shape index (κ3) is 3.12. The van der Waals surface area contributed by atoms with Crippen molar-refractivity contribution >= 4 is 40.5 Å². The predicted molar refractivity (Wildman–Crippen MR) is 72.0 cm³/mol. The Morgan fingerprint density at radius 3 is 2.11 bits per heavy atom. The van der Waals surface area contributed by atoms with Crippen molar-refractivity contribution in [1.82, 2.24) is 0 Å². The van der Waals surface area contributed by atoms with E-state index in [1.807, 2.05) is 0 Å². The van der Waals surface area contributed by atoms with Crippen LogP contribution in [0.25, 0.3) is 0 Å². The maximum Gasteiger partial charge on any atom is 0.167 e. The monoisotopic (exact) mass is 283 g/mol. The lowest BCUT2D eigenvalue weighted by atomic mass is 9.93. The molecule has 0 atom stereocenters. The van der Waals surface area contributed by atoms with Crippen LogP contribution in [0.2, 0.25) is 10.0 Å². The standard InChI is InChI=1S/C13H11Cl2NO2/c14-8-4-9(15)6-10(5-8)16-7-11-12(17)2-1-3-13(11)18/h4-7,16H,1-3H2. The minimum absolute atomic E-state index is 0.119. The van der Waals surface area contributed by atoms with E-state index in [9.17, 15) is 9.59 Å². The summed E-state index contributed by atoms with van der Waals surface area (Å²) in [4.78, 5) is 23.2. The summed E-state index contributed by atoms with van der Waals surface area (Å²) in [6, 6.07) is 4.95. The van der Waals surface area contributed by atoms with Crippen molar-refractivity contribution in [3.05, 3.63) is 40.0 Å². The van der Waals surface area contributed by atoms with E-state index in [2.05, 4.69) is 5.32 Å². The summed E-state index contributed by atoms with van der Waals surface area (Å²) in [7, 11) is 0. The van der Waals surface area contributed by atoms with Crippen molar-refractivity contribution in [3.8, 4) is 0 Å². The summed E-state index contributed by atoms with van der Waals surface area (Å²) in [5.74, 6) is -0.237. The van der Waals surface area contributed by atoms with Crippen LogP contribution in [0.3, 0.4) is 0 Å². The Hall–Kier alpha value is -1.32. The van der Waals surface area contributed by atoms with E-state index in [4.69, 9.17) is 23.2 Å².